The van der Waals surface area contributed by atoms with Crippen LogP contribution in [0.2, 0.25) is 0 Å². The van der Waals surface area contributed by atoms with Crippen molar-refractivity contribution in [2.24, 2.45) is 16.7 Å². The lowest BCUT2D eigenvalue weighted by atomic mass is 9.65. The van der Waals surface area contributed by atoms with Gasteiger partial charge in [-0.2, -0.15) is 0 Å². The Morgan fingerprint density at radius 2 is 1.86 bits per heavy atom. The molecule has 0 heterocycles. The van der Waals surface area contributed by atoms with Gasteiger partial charge in [-0.1, -0.05) is 32.0 Å². The largest absolute Gasteiger partial charge is 0.481 e. The molecule has 4 heteroatoms. The van der Waals surface area contributed by atoms with Crippen LogP contribution in [0.3, 0.4) is 0 Å². The van der Waals surface area contributed by atoms with E-state index in [2.05, 4.69) is 5.32 Å². The third-order valence-corrected chi connectivity index (χ3v) is 5.42. The van der Waals surface area contributed by atoms with Gasteiger partial charge in [0.25, 0.3) is 0 Å². The fraction of sp³-hybridized carbons (Fsp3) is 0.529. The maximum absolute atomic E-state index is 12.6. The highest BCUT2D eigenvalue weighted by Crippen LogP contribution is 2.56. The number of hydrogen-bond acceptors (Lipinski definition) is 2. The molecule has 0 bridgehead atoms. The molecule has 1 aromatic rings. The smallest absolute Gasteiger partial charge is 0.309 e. The fourth-order valence-corrected chi connectivity index (χ4v) is 3.27. The van der Waals surface area contributed by atoms with Crippen LogP contribution in [-0.4, -0.2) is 17.0 Å². The van der Waals surface area contributed by atoms with Gasteiger partial charge in [0, 0.05) is 11.6 Å². The van der Waals surface area contributed by atoms with Gasteiger partial charge in [-0.25, -0.2) is 0 Å². The Morgan fingerprint density at radius 3 is 2.38 bits per heavy atom. The highest BCUT2D eigenvalue weighted by molar-refractivity contribution is 5.95. The normalized spacial score (nSPS) is 27.3. The van der Waals surface area contributed by atoms with Crippen LogP contribution < -0.4 is 5.32 Å². The molecule has 2 rings (SSSR count). The zero-order chi connectivity index (χ0) is 15.8. The second kappa shape index (κ2) is 5.17. The van der Waals surface area contributed by atoms with Crippen LogP contribution in [0.4, 0.5) is 5.69 Å². The SMILES string of the molecule is Cc1ccccc1NC(=O)[C@@H]1CC[C@](C)(C(=O)O)C1(C)C. The van der Waals surface area contributed by atoms with E-state index in [1.807, 2.05) is 45.0 Å². The van der Waals surface area contributed by atoms with Gasteiger partial charge in [0.2, 0.25) is 5.91 Å². The van der Waals surface area contributed by atoms with Crippen molar-refractivity contribution in [3.8, 4) is 0 Å². The van der Waals surface area contributed by atoms with Crippen molar-refractivity contribution in [1.29, 1.82) is 0 Å². The summed E-state index contributed by atoms with van der Waals surface area (Å²) in [6.45, 7) is 7.46. The molecule has 1 amide bonds. The van der Waals surface area contributed by atoms with Crippen molar-refractivity contribution in [1.82, 2.24) is 0 Å². The first-order valence-electron chi connectivity index (χ1n) is 7.30. The summed E-state index contributed by atoms with van der Waals surface area (Å²) in [7, 11) is 0. The van der Waals surface area contributed by atoms with E-state index in [0.717, 1.165) is 11.3 Å². The Labute approximate surface area is 125 Å². The molecule has 21 heavy (non-hydrogen) atoms. The second-order valence-corrected chi connectivity index (χ2v) is 6.75. The quantitative estimate of drug-likeness (QED) is 0.895. The number of nitrogens with one attached hydrogen (secondary N) is 1. The topological polar surface area (TPSA) is 66.4 Å². The van der Waals surface area contributed by atoms with Crippen LogP contribution in [0, 0.1) is 23.7 Å². The van der Waals surface area contributed by atoms with E-state index in [0.29, 0.717) is 12.8 Å². The molecule has 0 aromatic heterocycles. The van der Waals surface area contributed by atoms with Crippen molar-refractivity contribution in [3.63, 3.8) is 0 Å². The molecule has 1 saturated carbocycles. The summed E-state index contributed by atoms with van der Waals surface area (Å²) < 4.78 is 0. The average molecular weight is 289 g/mol. The Kier molecular flexibility index (Phi) is 3.83. The van der Waals surface area contributed by atoms with E-state index in [4.69, 9.17) is 0 Å². The molecular weight excluding hydrogens is 266 g/mol. The molecule has 2 N–H and O–H groups in total. The minimum atomic E-state index is -0.860. The molecule has 1 fully saturated rings. The van der Waals surface area contributed by atoms with Crippen LogP contribution in [0.5, 0.6) is 0 Å². The molecule has 1 aromatic carbocycles. The minimum absolute atomic E-state index is 0.0840. The number of para-hydroxylation sites is 1. The second-order valence-electron chi connectivity index (χ2n) is 6.75. The fourth-order valence-electron chi connectivity index (χ4n) is 3.27. The van der Waals surface area contributed by atoms with Crippen molar-refractivity contribution in [3.05, 3.63) is 29.8 Å². The van der Waals surface area contributed by atoms with E-state index < -0.39 is 16.8 Å². The molecule has 0 radical (unpaired) electrons. The van der Waals surface area contributed by atoms with Crippen LogP contribution in [0.1, 0.15) is 39.2 Å². The summed E-state index contributed by atoms with van der Waals surface area (Å²) in [4.78, 5) is 24.2. The Morgan fingerprint density at radius 1 is 1.24 bits per heavy atom. The monoisotopic (exact) mass is 289 g/mol. The van der Waals surface area contributed by atoms with Crippen molar-refractivity contribution < 1.29 is 14.7 Å². The van der Waals surface area contributed by atoms with Gasteiger partial charge in [0.15, 0.2) is 0 Å². The Hall–Kier alpha value is -1.84. The third-order valence-electron chi connectivity index (χ3n) is 5.42. The Balaban J connectivity index is 2.22. The maximum Gasteiger partial charge on any atom is 0.309 e. The average Bonchev–Trinajstić information content (AvgIpc) is 2.64. The van der Waals surface area contributed by atoms with Gasteiger partial charge in [-0.05, 0) is 43.7 Å². The molecule has 1 aliphatic rings. The van der Waals surface area contributed by atoms with Crippen LogP contribution in [0.25, 0.3) is 0 Å². The highest BCUT2D eigenvalue weighted by atomic mass is 16.4. The Bertz CT molecular complexity index is 579. The van der Waals surface area contributed by atoms with Crippen molar-refractivity contribution in [2.75, 3.05) is 5.32 Å². The van der Waals surface area contributed by atoms with Gasteiger partial charge in [-0.15, -0.1) is 0 Å². The molecule has 0 spiro atoms. The number of anilines is 1. The zero-order valence-electron chi connectivity index (χ0n) is 13.1. The van der Waals surface area contributed by atoms with Gasteiger partial charge >= 0.3 is 5.97 Å². The number of aliphatic carboxylic acids is 1. The highest BCUT2D eigenvalue weighted by Gasteiger charge is 2.58. The van der Waals surface area contributed by atoms with Crippen LogP contribution in [-0.2, 0) is 9.59 Å². The number of hydrogen-bond donors (Lipinski definition) is 2. The molecule has 0 aliphatic heterocycles. The molecule has 4 nitrogen and oxygen atoms in total. The van der Waals surface area contributed by atoms with E-state index in [1.165, 1.54) is 0 Å². The summed E-state index contributed by atoms with van der Waals surface area (Å²) in [5, 5.41) is 12.5. The van der Waals surface area contributed by atoms with Crippen LogP contribution in [0.15, 0.2) is 24.3 Å². The molecule has 114 valence electrons. The number of rotatable bonds is 3. The number of amides is 1. The third kappa shape index (κ3) is 2.43. The van der Waals surface area contributed by atoms with Crippen LogP contribution >= 0.6 is 0 Å². The summed E-state index contributed by atoms with van der Waals surface area (Å²) >= 11 is 0. The summed E-state index contributed by atoms with van der Waals surface area (Å²) in [6, 6.07) is 7.61. The first-order valence-corrected chi connectivity index (χ1v) is 7.30. The van der Waals surface area contributed by atoms with Crippen molar-refractivity contribution in [2.45, 2.75) is 40.5 Å². The van der Waals surface area contributed by atoms with Gasteiger partial charge in [0.05, 0.1) is 5.41 Å². The van der Waals surface area contributed by atoms with Gasteiger partial charge in [0.1, 0.15) is 0 Å². The van der Waals surface area contributed by atoms with E-state index >= 15 is 0 Å². The van der Waals surface area contributed by atoms with E-state index in [-0.39, 0.29) is 11.8 Å². The summed E-state index contributed by atoms with van der Waals surface area (Å²) in [5.74, 6) is -1.20. The number of aryl methyl sites for hydroxylation is 1. The molecule has 0 saturated heterocycles. The molecular formula is C17H23NO3. The van der Waals surface area contributed by atoms with Gasteiger partial charge < -0.3 is 10.4 Å². The molecule has 0 unspecified atom stereocenters. The predicted octanol–water partition coefficient (Wildman–Crippen LogP) is 3.46. The molecule has 2 atom stereocenters. The minimum Gasteiger partial charge on any atom is -0.481 e. The van der Waals surface area contributed by atoms with Crippen molar-refractivity contribution >= 4 is 17.6 Å². The number of carbonyl (C=O) groups is 2. The first-order chi connectivity index (χ1) is 9.70. The molecule has 1 aliphatic carbocycles. The van der Waals surface area contributed by atoms with Gasteiger partial charge in [-0.3, -0.25) is 9.59 Å². The number of carboxylic acids is 1. The maximum atomic E-state index is 12.6. The lowest BCUT2D eigenvalue weighted by Crippen LogP contribution is -2.43. The lowest BCUT2D eigenvalue weighted by molar-refractivity contribution is -0.154. The number of benzene rings is 1. The van der Waals surface area contributed by atoms with E-state index in [1.54, 1.807) is 6.92 Å². The van der Waals surface area contributed by atoms with E-state index in [9.17, 15) is 14.7 Å². The number of carbonyl (C=O) groups excluding carboxylic acids is 1. The standard InChI is InChI=1S/C17H23NO3/c1-11-7-5-6-8-13(11)18-14(19)12-9-10-17(4,15(20)21)16(12,2)3/h5-8,12H,9-10H2,1-4H3,(H,18,19)(H,20,21)/t12-,17+/m0/s1. The summed E-state index contributed by atoms with van der Waals surface area (Å²) in [5.41, 5.74) is 0.358. The first kappa shape index (κ1) is 15.5. The number of carboxylic acid groups (broad SMARTS) is 1. The summed E-state index contributed by atoms with van der Waals surface area (Å²) in [6.07, 6.45) is 1.13. The zero-order valence-corrected chi connectivity index (χ0v) is 13.1. The predicted molar refractivity (Wildman–Crippen MR) is 82.1 cm³/mol. The lowest BCUT2D eigenvalue weighted by Gasteiger charge is -2.37.